The van der Waals surface area contributed by atoms with Gasteiger partial charge in [-0.15, -0.1) is 5.10 Å². The van der Waals surface area contributed by atoms with Crippen molar-refractivity contribution in [3.05, 3.63) is 11.1 Å². The monoisotopic (exact) mass is 245 g/mol. The van der Waals surface area contributed by atoms with Gasteiger partial charge in [0.05, 0.1) is 0 Å². The number of carboxylic acids is 1. The largest absolute Gasteiger partial charge is 0.480 e. The van der Waals surface area contributed by atoms with Crippen LogP contribution >= 0.6 is 11.5 Å². The zero-order valence-corrected chi connectivity index (χ0v) is 9.36. The minimum absolute atomic E-state index is 0.119. The topological polar surface area (TPSA) is 101 Å². The Bertz CT molecular complexity index is 354. The summed E-state index contributed by atoms with van der Waals surface area (Å²) in [5.41, 5.74) is 0.119. The van der Waals surface area contributed by atoms with E-state index in [0.29, 0.717) is 0 Å². The van der Waals surface area contributed by atoms with Crippen molar-refractivity contribution in [1.29, 1.82) is 0 Å². The van der Waals surface area contributed by atoms with Crippen molar-refractivity contribution in [3.63, 3.8) is 0 Å². The first kappa shape index (κ1) is 12.5. The summed E-state index contributed by atoms with van der Waals surface area (Å²) >= 11 is 1.03. The van der Waals surface area contributed by atoms with Crippen molar-refractivity contribution in [3.8, 4) is 0 Å². The maximum atomic E-state index is 11.5. The molecule has 0 saturated heterocycles. The van der Waals surface area contributed by atoms with E-state index in [1.54, 1.807) is 0 Å². The number of aromatic nitrogens is 2. The van der Waals surface area contributed by atoms with E-state index in [9.17, 15) is 9.59 Å². The molecule has 0 radical (unpaired) electrons. The Morgan fingerprint density at radius 3 is 2.94 bits per heavy atom. The summed E-state index contributed by atoms with van der Waals surface area (Å²) in [6, 6.07) is -0.978. The van der Waals surface area contributed by atoms with Crippen LogP contribution in [0.1, 0.15) is 16.9 Å². The maximum Gasteiger partial charge on any atom is 0.326 e. The van der Waals surface area contributed by atoms with Crippen molar-refractivity contribution in [2.24, 2.45) is 0 Å². The number of hydrogen-bond acceptors (Lipinski definition) is 6. The van der Waals surface area contributed by atoms with Gasteiger partial charge in [0.2, 0.25) is 0 Å². The number of hydrogen-bond donors (Lipinski definition) is 2. The molecule has 0 fully saturated rings. The van der Waals surface area contributed by atoms with Gasteiger partial charge in [-0.3, -0.25) is 4.79 Å². The minimum Gasteiger partial charge on any atom is -0.480 e. The third kappa shape index (κ3) is 3.55. The summed E-state index contributed by atoms with van der Waals surface area (Å²) < 4.78 is 8.27. The predicted molar refractivity (Wildman–Crippen MR) is 55.3 cm³/mol. The van der Waals surface area contributed by atoms with E-state index in [0.717, 1.165) is 11.5 Å². The van der Waals surface area contributed by atoms with Gasteiger partial charge in [-0.2, -0.15) is 0 Å². The fourth-order valence-corrected chi connectivity index (χ4v) is 1.43. The van der Waals surface area contributed by atoms with E-state index in [1.807, 2.05) is 0 Å². The van der Waals surface area contributed by atoms with Crippen molar-refractivity contribution >= 4 is 23.4 Å². The zero-order chi connectivity index (χ0) is 12.0. The number of rotatable bonds is 6. The standard InChI is InChI=1S/C8H11N3O4S/c1-15-3-2-5(8(13)14)9-7(12)6-4-16-11-10-6/h4-5H,2-3H2,1H3,(H,9,12)(H,13,14). The summed E-state index contributed by atoms with van der Waals surface area (Å²) in [6.45, 7) is 0.257. The second kappa shape index (κ2) is 6.13. The molecule has 1 amide bonds. The molecule has 0 bridgehead atoms. The second-order valence-corrected chi connectivity index (χ2v) is 3.55. The molecule has 16 heavy (non-hydrogen) atoms. The maximum absolute atomic E-state index is 11.5. The lowest BCUT2D eigenvalue weighted by Gasteiger charge is -2.12. The lowest BCUT2D eigenvalue weighted by atomic mass is 10.2. The first-order chi connectivity index (χ1) is 7.65. The van der Waals surface area contributed by atoms with Gasteiger partial charge < -0.3 is 15.2 Å². The highest BCUT2D eigenvalue weighted by Crippen LogP contribution is 1.99. The quantitative estimate of drug-likeness (QED) is 0.717. The fourth-order valence-electron chi connectivity index (χ4n) is 0.989. The molecule has 1 rings (SSSR count). The Kier molecular flexibility index (Phi) is 4.80. The van der Waals surface area contributed by atoms with Gasteiger partial charge in [0.25, 0.3) is 5.91 Å². The average Bonchev–Trinajstić information content (AvgIpc) is 2.76. The number of nitrogens with zero attached hydrogens (tertiary/aromatic N) is 2. The third-order valence-electron chi connectivity index (χ3n) is 1.81. The van der Waals surface area contributed by atoms with Crippen molar-refractivity contribution < 1.29 is 19.4 Å². The summed E-state index contributed by atoms with van der Waals surface area (Å²) in [6.07, 6.45) is 0.204. The lowest BCUT2D eigenvalue weighted by Crippen LogP contribution is -2.41. The van der Waals surface area contributed by atoms with E-state index in [2.05, 4.69) is 14.9 Å². The van der Waals surface area contributed by atoms with Crippen LogP contribution < -0.4 is 5.32 Å². The summed E-state index contributed by atoms with van der Waals surface area (Å²) in [4.78, 5) is 22.3. The van der Waals surface area contributed by atoms with Crippen LogP contribution in [0.3, 0.4) is 0 Å². The van der Waals surface area contributed by atoms with Gasteiger partial charge in [0, 0.05) is 25.5 Å². The SMILES string of the molecule is COCCC(NC(=O)c1csnn1)C(=O)O. The molecule has 0 saturated carbocycles. The number of carbonyl (C=O) groups is 2. The average molecular weight is 245 g/mol. The molecular weight excluding hydrogens is 234 g/mol. The number of ether oxygens (including phenoxy) is 1. The first-order valence-electron chi connectivity index (χ1n) is 4.44. The molecule has 0 aliphatic rings. The van der Waals surface area contributed by atoms with Crippen LogP contribution in [-0.2, 0) is 9.53 Å². The highest BCUT2D eigenvalue weighted by molar-refractivity contribution is 7.03. The molecule has 88 valence electrons. The van der Waals surface area contributed by atoms with Gasteiger partial charge in [-0.25, -0.2) is 4.79 Å². The molecule has 1 unspecified atom stereocenters. The van der Waals surface area contributed by atoms with E-state index < -0.39 is 17.9 Å². The lowest BCUT2D eigenvalue weighted by molar-refractivity contribution is -0.139. The van der Waals surface area contributed by atoms with Crippen LogP contribution in [0.4, 0.5) is 0 Å². The molecule has 0 aromatic carbocycles. The Hall–Kier alpha value is -1.54. The van der Waals surface area contributed by atoms with Crippen molar-refractivity contribution in [2.75, 3.05) is 13.7 Å². The summed E-state index contributed by atoms with van der Waals surface area (Å²) in [5, 5.41) is 16.2. The normalized spacial score (nSPS) is 12.1. The summed E-state index contributed by atoms with van der Waals surface area (Å²) in [7, 11) is 1.46. The van der Waals surface area contributed by atoms with Crippen LogP contribution in [0.5, 0.6) is 0 Å². The highest BCUT2D eigenvalue weighted by atomic mass is 32.1. The fraction of sp³-hybridized carbons (Fsp3) is 0.500. The Balaban J connectivity index is 2.54. The number of carboxylic acid groups (broad SMARTS) is 1. The van der Waals surface area contributed by atoms with E-state index in [-0.39, 0.29) is 18.7 Å². The number of methoxy groups -OCH3 is 1. The first-order valence-corrected chi connectivity index (χ1v) is 5.28. The zero-order valence-electron chi connectivity index (χ0n) is 8.54. The van der Waals surface area contributed by atoms with Gasteiger partial charge in [-0.1, -0.05) is 4.49 Å². The van der Waals surface area contributed by atoms with Crippen LogP contribution in [0.2, 0.25) is 0 Å². The van der Waals surface area contributed by atoms with Crippen LogP contribution in [0, 0.1) is 0 Å². The molecule has 8 heteroatoms. The third-order valence-corrected chi connectivity index (χ3v) is 2.31. The molecule has 1 aromatic heterocycles. The van der Waals surface area contributed by atoms with E-state index >= 15 is 0 Å². The molecule has 0 spiro atoms. The second-order valence-electron chi connectivity index (χ2n) is 2.94. The van der Waals surface area contributed by atoms with Crippen LogP contribution in [-0.4, -0.2) is 46.3 Å². The van der Waals surface area contributed by atoms with Crippen LogP contribution in [0.15, 0.2) is 5.38 Å². The molecule has 1 aromatic rings. The van der Waals surface area contributed by atoms with E-state index in [4.69, 9.17) is 9.84 Å². The Morgan fingerprint density at radius 1 is 1.69 bits per heavy atom. The molecule has 2 N–H and O–H groups in total. The number of aliphatic carboxylic acids is 1. The Morgan fingerprint density at radius 2 is 2.44 bits per heavy atom. The Labute approximate surface area is 95.6 Å². The van der Waals surface area contributed by atoms with Crippen molar-refractivity contribution in [1.82, 2.24) is 14.9 Å². The van der Waals surface area contributed by atoms with E-state index in [1.165, 1.54) is 12.5 Å². The van der Waals surface area contributed by atoms with Crippen molar-refractivity contribution in [2.45, 2.75) is 12.5 Å². The van der Waals surface area contributed by atoms with Crippen LogP contribution in [0.25, 0.3) is 0 Å². The predicted octanol–water partition coefficient (Wildman–Crippen LogP) is -0.242. The van der Waals surface area contributed by atoms with Gasteiger partial charge in [-0.05, 0) is 11.5 Å². The molecular formula is C8H11N3O4S. The molecule has 0 aliphatic heterocycles. The number of amides is 1. The molecule has 1 atom stereocenters. The molecule has 0 aliphatic carbocycles. The van der Waals surface area contributed by atoms with Gasteiger partial charge in [0.15, 0.2) is 5.69 Å². The highest BCUT2D eigenvalue weighted by Gasteiger charge is 2.21. The van der Waals surface area contributed by atoms with Gasteiger partial charge >= 0.3 is 5.97 Å². The summed E-state index contributed by atoms with van der Waals surface area (Å²) in [5.74, 6) is -1.65. The number of carbonyl (C=O) groups excluding carboxylic acids is 1. The smallest absolute Gasteiger partial charge is 0.326 e. The molecule has 1 heterocycles. The van der Waals surface area contributed by atoms with Gasteiger partial charge in [0.1, 0.15) is 6.04 Å². The number of nitrogens with one attached hydrogen (secondary N) is 1. The minimum atomic E-state index is -1.10. The molecule has 7 nitrogen and oxygen atoms in total.